The lowest BCUT2D eigenvalue weighted by Crippen LogP contribution is -2.38. The average Bonchev–Trinajstić information content (AvgIpc) is 3.00. The zero-order valence-corrected chi connectivity index (χ0v) is 9.62. The minimum Gasteiger partial charge on any atom is -0.396 e. The maximum absolute atomic E-state index is 11.8. The Balaban J connectivity index is 1.81. The van der Waals surface area contributed by atoms with Gasteiger partial charge in [0.25, 0.3) is 0 Å². The molecule has 3 heteroatoms. The molecule has 0 radical (unpaired) electrons. The summed E-state index contributed by atoms with van der Waals surface area (Å²) in [5.74, 6) is 1.03. The van der Waals surface area contributed by atoms with Gasteiger partial charge in [-0.05, 0) is 37.0 Å². The number of rotatable bonds is 5. The summed E-state index contributed by atoms with van der Waals surface area (Å²) in [4.78, 5) is 11.8. The number of hydrogen-bond acceptors (Lipinski definition) is 2. The SMILES string of the molecule is CC1(C)C[C@@H]1C(=O)NC(CCO)C1CC1. The molecule has 0 spiro atoms. The standard InChI is InChI=1S/C12H21NO2/c1-12(2)7-9(12)11(15)13-10(5-6-14)8-3-4-8/h8-10,14H,3-7H2,1-2H3,(H,13,15)/t9-,10?/m1/s1. The molecule has 0 aromatic rings. The Morgan fingerprint density at radius 2 is 2.13 bits per heavy atom. The van der Waals surface area contributed by atoms with Gasteiger partial charge in [-0.2, -0.15) is 0 Å². The smallest absolute Gasteiger partial charge is 0.223 e. The summed E-state index contributed by atoms with van der Waals surface area (Å²) in [5, 5.41) is 12.0. The largest absolute Gasteiger partial charge is 0.396 e. The Labute approximate surface area is 91.2 Å². The van der Waals surface area contributed by atoms with E-state index >= 15 is 0 Å². The van der Waals surface area contributed by atoms with Crippen LogP contribution in [0.4, 0.5) is 0 Å². The van der Waals surface area contributed by atoms with Crippen molar-refractivity contribution in [3.8, 4) is 0 Å². The van der Waals surface area contributed by atoms with Gasteiger partial charge in [-0.15, -0.1) is 0 Å². The van der Waals surface area contributed by atoms with Crippen LogP contribution in [0.5, 0.6) is 0 Å². The minimum atomic E-state index is 0.176. The third-order valence-corrected chi connectivity index (χ3v) is 3.79. The quantitative estimate of drug-likeness (QED) is 0.720. The Morgan fingerprint density at radius 3 is 2.53 bits per heavy atom. The van der Waals surface area contributed by atoms with Crippen molar-refractivity contribution in [3.63, 3.8) is 0 Å². The molecule has 2 N–H and O–H groups in total. The maximum atomic E-state index is 11.8. The first-order valence-corrected chi connectivity index (χ1v) is 5.96. The van der Waals surface area contributed by atoms with Crippen molar-refractivity contribution in [3.05, 3.63) is 0 Å². The number of nitrogens with one attached hydrogen (secondary N) is 1. The van der Waals surface area contributed by atoms with E-state index in [1.165, 1.54) is 12.8 Å². The van der Waals surface area contributed by atoms with Gasteiger partial charge in [-0.25, -0.2) is 0 Å². The van der Waals surface area contributed by atoms with E-state index in [-0.39, 0.29) is 29.9 Å². The molecule has 2 rings (SSSR count). The fraction of sp³-hybridized carbons (Fsp3) is 0.917. The van der Waals surface area contributed by atoms with Crippen LogP contribution in [0.1, 0.15) is 39.5 Å². The molecule has 2 fully saturated rings. The molecule has 1 amide bonds. The van der Waals surface area contributed by atoms with Gasteiger partial charge in [0.1, 0.15) is 0 Å². The second-order valence-electron chi connectivity index (χ2n) is 5.71. The van der Waals surface area contributed by atoms with E-state index in [1.54, 1.807) is 0 Å². The molecule has 0 saturated heterocycles. The first-order valence-electron chi connectivity index (χ1n) is 5.96. The van der Waals surface area contributed by atoms with Crippen molar-refractivity contribution in [2.45, 2.75) is 45.6 Å². The molecule has 2 saturated carbocycles. The van der Waals surface area contributed by atoms with E-state index < -0.39 is 0 Å². The molecule has 0 bridgehead atoms. The third kappa shape index (κ3) is 2.51. The molecule has 2 atom stereocenters. The summed E-state index contributed by atoms with van der Waals surface area (Å²) in [6, 6.07) is 0.221. The van der Waals surface area contributed by atoms with E-state index in [0.29, 0.717) is 12.3 Å². The Hall–Kier alpha value is -0.570. The van der Waals surface area contributed by atoms with Crippen molar-refractivity contribution < 1.29 is 9.90 Å². The van der Waals surface area contributed by atoms with Crippen molar-refractivity contribution in [2.24, 2.45) is 17.3 Å². The van der Waals surface area contributed by atoms with Crippen LogP contribution >= 0.6 is 0 Å². The average molecular weight is 211 g/mol. The van der Waals surface area contributed by atoms with Gasteiger partial charge in [-0.1, -0.05) is 13.8 Å². The second-order valence-corrected chi connectivity index (χ2v) is 5.71. The van der Waals surface area contributed by atoms with Gasteiger partial charge in [0.2, 0.25) is 5.91 Å². The molecule has 3 nitrogen and oxygen atoms in total. The highest BCUT2D eigenvalue weighted by Gasteiger charge is 2.51. The van der Waals surface area contributed by atoms with E-state index in [1.807, 2.05) is 0 Å². The van der Waals surface area contributed by atoms with Gasteiger partial charge >= 0.3 is 0 Å². The van der Waals surface area contributed by atoms with Crippen LogP contribution in [0, 0.1) is 17.3 Å². The van der Waals surface area contributed by atoms with Crippen molar-refractivity contribution in [1.29, 1.82) is 0 Å². The van der Waals surface area contributed by atoms with Crippen LogP contribution < -0.4 is 5.32 Å². The highest BCUT2D eigenvalue weighted by atomic mass is 16.3. The second kappa shape index (κ2) is 3.78. The van der Waals surface area contributed by atoms with Gasteiger partial charge in [0.05, 0.1) is 0 Å². The van der Waals surface area contributed by atoms with E-state index in [4.69, 9.17) is 5.11 Å². The Kier molecular flexibility index (Phi) is 2.75. The van der Waals surface area contributed by atoms with Gasteiger partial charge in [0, 0.05) is 18.6 Å². The monoisotopic (exact) mass is 211 g/mol. The molecular formula is C12H21NO2. The molecule has 1 unspecified atom stereocenters. The molecule has 86 valence electrons. The minimum absolute atomic E-state index is 0.176. The van der Waals surface area contributed by atoms with Crippen LogP contribution in [0.3, 0.4) is 0 Å². The summed E-state index contributed by atoms with van der Waals surface area (Å²) in [6.45, 7) is 4.44. The lowest BCUT2D eigenvalue weighted by atomic mass is 10.1. The Morgan fingerprint density at radius 1 is 1.53 bits per heavy atom. The Bertz CT molecular complexity index is 258. The zero-order valence-electron chi connectivity index (χ0n) is 9.62. The predicted molar refractivity (Wildman–Crippen MR) is 58.2 cm³/mol. The molecule has 0 aromatic heterocycles. The highest BCUT2D eigenvalue weighted by Crippen LogP contribution is 2.51. The molecule has 2 aliphatic rings. The van der Waals surface area contributed by atoms with Crippen molar-refractivity contribution in [1.82, 2.24) is 5.32 Å². The summed E-state index contributed by atoms with van der Waals surface area (Å²) in [7, 11) is 0. The van der Waals surface area contributed by atoms with Gasteiger partial charge in [-0.3, -0.25) is 4.79 Å². The van der Waals surface area contributed by atoms with Crippen LogP contribution in [0.2, 0.25) is 0 Å². The number of hydrogen-bond donors (Lipinski definition) is 2. The fourth-order valence-electron chi connectivity index (χ4n) is 2.26. The van der Waals surface area contributed by atoms with E-state index in [9.17, 15) is 4.79 Å². The lowest BCUT2D eigenvalue weighted by Gasteiger charge is -2.17. The molecule has 2 aliphatic carbocycles. The molecule has 15 heavy (non-hydrogen) atoms. The van der Waals surface area contributed by atoms with Crippen LogP contribution in [0.25, 0.3) is 0 Å². The topological polar surface area (TPSA) is 49.3 Å². The number of carbonyl (C=O) groups excluding carboxylic acids is 1. The van der Waals surface area contributed by atoms with Crippen LogP contribution in [-0.2, 0) is 4.79 Å². The summed E-state index contributed by atoms with van der Waals surface area (Å²) >= 11 is 0. The highest BCUT2D eigenvalue weighted by molar-refractivity contribution is 5.82. The first-order chi connectivity index (χ1) is 7.04. The fourth-order valence-corrected chi connectivity index (χ4v) is 2.26. The van der Waals surface area contributed by atoms with E-state index in [2.05, 4.69) is 19.2 Å². The zero-order chi connectivity index (χ0) is 11.1. The number of aliphatic hydroxyl groups is 1. The third-order valence-electron chi connectivity index (χ3n) is 3.79. The molecule has 0 heterocycles. The van der Waals surface area contributed by atoms with Crippen LogP contribution in [0.15, 0.2) is 0 Å². The molecule has 0 aromatic carbocycles. The number of carbonyl (C=O) groups is 1. The molecule has 0 aliphatic heterocycles. The van der Waals surface area contributed by atoms with Gasteiger partial charge in [0.15, 0.2) is 0 Å². The lowest BCUT2D eigenvalue weighted by molar-refractivity contribution is -0.123. The van der Waals surface area contributed by atoms with Crippen LogP contribution in [-0.4, -0.2) is 23.7 Å². The summed E-state index contributed by atoms with van der Waals surface area (Å²) < 4.78 is 0. The first kappa shape index (κ1) is 10.9. The summed E-state index contributed by atoms with van der Waals surface area (Å²) in [6.07, 6.45) is 4.14. The predicted octanol–water partition coefficient (Wildman–Crippen LogP) is 1.31. The maximum Gasteiger partial charge on any atom is 0.223 e. The van der Waals surface area contributed by atoms with Crippen molar-refractivity contribution in [2.75, 3.05) is 6.61 Å². The number of aliphatic hydroxyl groups excluding tert-OH is 1. The van der Waals surface area contributed by atoms with E-state index in [0.717, 1.165) is 6.42 Å². The number of amides is 1. The summed E-state index contributed by atoms with van der Waals surface area (Å²) in [5.41, 5.74) is 0.206. The molecular weight excluding hydrogens is 190 g/mol. The van der Waals surface area contributed by atoms with Gasteiger partial charge < -0.3 is 10.4 Å². The van der Waals surface area contributed by atoms with Crippen molar-refractivity contribution >= 4 is 5.91 Å². The normalized spacial score (nSPS) is 29.7.